The second kappa shape index (κ2) is 9.68. The van der Waals surface area contributed by atoms with Crippen molar-refractivity contribution in [2.75, 3.05) is 6.61 Å². The van der Waals surface area contributed by atoms with Crippen molar-refractivity contribution in [3.63, 3.8) is 0 Å². The smallest absolute Gasteiger partial charge is 0.0780 e. The zero-order chi connectivity index (χ0) is 17.0. The summed E-state index contributed by atoms with van der Waals surface area (Å²) in [7, 11) is 0. The second-order valence-corrected chi connectivity index (χ2v) is 6.37. The molecule has 0 amide bonds. The average molecular weight is 452 g/mol. The van der Waals surface area contributed by atoms with Gasteiger partial charge in [0.05, 0.1) is 18.1 Å². The fraction of sp³-hybridized carbons (Fsp3) is 0.381. The van der Waals surface area contributed by atoms with E-state index in [9.17, 15) is 5.11 Å². The van der Waals surface area contributed by atoms with E-state index in [2.05, 4.69) is 32.9 Å². The summed E-state index contributed by atoms with van der Waals surface area (Å²) in [6, 6.07) is 8.26. The Labute approximate surface area is 179 Å². The first-order chi connectivity index (χ1) is 10.9. The van der Waals surface area contributed by atoms with Gasteiger partial charge in [-0.1, -0.05) is 47.7 Å². The summed E-state index contributed by atoms with van der Waals surface area (Å²) in [5, 5.41) is 10.4. The maximum Gasteiger partial charge on any atom is 0.0780 e. The third kappa shape index (κ3) is 5.39. The van der Waals surface area contributed by atoms with Crippen molar-refractivity contribution in [3.05, 3.63) is 64.1 Å². The summed E-state index contributed by atoms with van der Waals surface area (Å²) in [5.74, 6) is 1.26. The molecule has 0 saturated carbocycles. The number of rotatable bonds is 6. The molecule has 0 aliphatic rings. The van der Waals surface area contributed by atoms with Crippen molar-refractivity contribution in [1.82, 2.24) is 0 Å². The first kappa shape index (κ1) is 21.3. The largest absolute Gasteiger partial charge is 0.542 e. The van der Waals surface area contributed by atoms with Gasteiger partial charge in [-0.3, -0.25) is 0 Å². The maximum absolute atomic E-state index is 10.4. The van der Waals surface area contributed by atoms with Crippen LogP contribution in [0.2, 0.25) is 0 Å². The minimum Gasteiger partial charge on any atom is -0.542 e. The van der Waals surface area contributed by atoms with E-state index >= 15 is 0 Å². The van der Waals surface area contributed by atoms with E-state index in [0.717, 1.165) is 53.0 Å². The number of phenolic OH excluding ortho intramolecular Hbond substituents is 1. The Hall–Kier alpha value is -0.726. The Kier molecular flexibility index (Phi) is 8.60. The molecule has 24 heavy (non-hydrogen) atoms. The van der Waals surface area contributed by atoms with E-state index in [1.54, 1.807) is 0 Å². The van der Waals surface area contributed by atoms with Crippen LogP contribution in [0.25, 0.3) is 0 Å². The number of hydrogen-bond donors (Lipinski definition) is 1. The molecule has 0 fully saturated rings. The van der Waals surface area contributed by atoms with Crippen LogP contribution in [0.1, 0.15) is 53.1 Å². The van der Waals surface area contributed by atoms with E-state index in [0.29, 0.717) is 5.75 Å². The van der Waals surface area contributed by atoms with Gasteiger partial charge in [-0.2, -0.15) is 0 Å². The molecule has 2 nitrogen and oxygen atoms in total. The van der Waals surface area contributed by atoms with E-state index < -0.39 is 0 Å². The van der Waals surface area contributed by atoms with Gasteiger partial charge in [-0.25, -0.2) is 0 Å². The second-order valence-electron chi connectivity index (χ2n) is 6.37. The molecule has 3 heteroatoms. The van der Waals surface area contributed by atoms with Crippen molar-refractivity contribution < 1.29 is 51.1 Å². The molecule has 0 unspecified atom stereocenters. The van der Waals surface area contributed by atoms with Crippen LogP contribution in [0.15, 0.2) is 24.3 Å². The van der Waals surface area contributed by atoms with Gasteiger partial charge in [-0.05, 0) is 45.2 Å². The van der Waals surface area contributed by atoms with E-state index in [4.69, 9.17) is 4.74 Å². The number of hydrogen-bond acceptors (Lipinski definition) is 2. The van der Waals surface area contributed by atoms with Crippen LogP contribution < -0.4 is 4.74 Å². The van der Waals surface area contributed by atoms with E-state index in [1.165, 1.54) is 5.56 Å². The first-order valence-electron chi connectivity index (χ1n) is 8.31. The van der Waals surface area contributed by atoms with Crippen LogP contribution in [0.5, 0.6) is 11.5 Å². The number of phenols is 1. The zero-order valence-electron chi connectivity index (χ0n) is 15.4. The summed E-state index contributed by atoms with van der Waals surface area (Å²) in [4.78, 5) is 0. The Bertz CT molecular complexity index is 693. The molecule has 2 rings (SSSR count). The Morgan fingerprint density at radius 2 is 1.50 bits per heavy atom. The molecule has 0 aliphatic carbocycles. The molecule has 0 spiro atoms. The summed E-state index contributed by atoms with van der Waals surface area (Å²) >= 11 is 0. The standard InChI is InChI=1S/C21H27O2.Pr/c1-6-7-8-23-21-17(5)10-15(3)12-19(21)13-18-11-14(2)9-16(4)20(18)22;/h9-13,22H,6-8H2,1-5H3;/q-1;. The van der Waals surface area contributed by atoms with Crippen molar-refractivity contribution in [3.8, 4) is 11.5 Å². The number of aromatic hydroxyl groups is 1. The van der Waals surface area contributed by atoms with Crippen molar-refractivity contribution in [2.24, 2.45) is 0 Å². The molecule has 0 aromatic heterocycles. The summed E-state index contributed by atoms with van der Waals surface area (Å²) in [6.45, 7) is 11.0. The molecule has 2 aromatic rings. The molecule has 0 saturated heterocycles. The molecule has 1 radical (unpaired) electrons. The summed E-state index contributed by atoms with van der Waals surface area (Å²) in [5.41, 5.74) is 6.24. The third-order valence-corrected chi connectivity index (χ3v) is 3.98. The van der Waals surface area contributed by atoms with Gasteiger partial charge in [0.2, 0.25) is 0 Å². The molecule has 0 atom stereocenters. The quantitative estimate of drug-likeness (QED) is 0.470. The normalized spacial score (nSPS) is 10.2. The molecule has 1 N–H and O–H groups in total. The van der Waals surface area contributed by atoms with Gasteiger partial charge >= 0.3 is 0 Å². The van der Waals surface area contributed by atoms with Crippen LogP contribution in [-0.4, -0.2) is 11.7 Å². The van der Waals surface area contributed by atoms with Crippen LogP contribution >= 0.6 is 0 Å². The van der Waals surface area contributed by atoms with Crippen LogP contribution in [-0.2, 0) is 0 Å². The maximum atomic E-state index is 10.4. The van der Waals surface area contributed by atoms with Gasteiger partial charge in [0, 0.05) is 41.3 Å². The fourth-order valence-electron chi connectivity index (χ4n) is 2.88. The van der Waals surface area contributed by atoms with Gasteiger partial charge in [0.25, 0.3) is 0 Å². The predicted molar refractivity (Wildman–Crippen MR) is 96.4 cm³/mol. The SMILES string of the molecule is CCCCOc1c(C)cc(C)cc1[CH-]c1cc(C)cc(C)c1O.[Pr]. The van der Waals surface area contributed by atoms with Crippen LogP contribution in [0, 0.1) is 75.4 Å². The zero-order valence-corrected chi connectivity index (χ0v) is 19.1. The van der Waals surface area contributed by atoms with Crippen molar-refractivity contribution in [1.29, 1.82) is 0 Å². The molecular formula is C21H27O2Pr-. The number of benzene rings is 2. The molecule has 0 heterocycles. The number of ether oxygens (including phenoxy) is 1. The molecule has 2 aromatic carbocycles. The van der Waals surface area contributed by atoms with E-state index in [1.807, 2.05) is 32.4 Å². The Balaban J connectivity index is 0.00000288. The van der Waals surface area contributed by atoms with Gasteiger partial charge in [-0.15, -0.1) is 18.6 Å². The average Bonchev–Trinajstić information content (AvgIpc) is 2.47. The van der Waals surface area contributed by atoms with Crippen LogP contribution in [0.4, 0.5) is 0 Å². The number of aryl methyl sites for hydroxylation is 4. The molecule has 0 aliphatic heterocycles. The topological polar surface area (TPSA) is 29.5 Å². The molecule has 127 valence electrons. The predicted octanol–water partition coefficient (Wildman–Crippen LogP) is 5.41. The van der Waals surface area contributed by atoms with Crippen molar-refractivity contribution >= 4 is 0 Å². The van der Waals surface area contributed by atoms with Crippen molar-refractivity contribution in [2.45, 2.75) is 47.5 Å². The third-order valence-electron chi connectivity index (χ3n) is 3.98. The molecular weight excluding hydrogens is 425 g/mol. The first-order valence-corrected chi connectivity index (χ1v) is 8.31. The van der Waals surface area contributed by atoms with E-state index in [-0.39, 0.29) is 41.3 Å². The number of unbranched alkanes of at least 4 members (excludes halogenated alkanes) is 1. The Morgan fingerprint density at radius 1 is 0.917 bits per heavy atom. The monoisotopic (exact) mass is 452 g/mol. The minimum absolute atomic E-state index is 0. The minimum atomic E-state index is 0. The fourth-order valence-corrected chi connectivity index (χ4v) is 2.88. The van der Waals surface area contributed by atoms with Gasteiger partial charge in [0.15, 0.2) is 0 Å². The summed E-state index contributed by atoms with van der Waals surface area (Å²) in [6.07, 6.45) is 4.18. The molecule has 0 bridgehead atoms. The van der Waals surface area contributed by atoms with Gasteiger partial charge < -0.3 is 9.84 Å². The van der Waals surface area contributed by atoms with Gasteiger partial charge in [0.1, 0.15) is 0 Å². The Morgan fingerprint density at radius 3 is 2.12 bits per heavy atom. The summed E-state index contributed by atoms with van der Waals surface area (Å²) < 4.78 is 6.02. The van der Waals surface area contributed by atoms with Crippen LogP contribution in [0.3, 0.4) is 0 Å².